The van der Waals surface area contributed by atoms with Crippen LogP contribution in [-0.4, -0.2) is 23.0 Å². The van der Waals surface area contributed by atoms with Gasteiger partial charge in [0, 0.05) is 12.2 Å². The molecule has 1 fully saturated rings. The van der Waals surface area contributed by atoms with Crippen molar-refractivity contribution >= 4 is 17.5 Å². The highest BCUT2D eigenvalue weighted by molar-refractivity contribution is 6.30. The van der Waals surface area contributed by atoms with E-state index >= 15 is 0 Å². The summed E-state index contributed by atoms with van der Waals surface area (Å²) < 4.78 is 5.54. The fraction of sp³-hybridized carbons (Fsp3) is 0.571. The molecule has 1 N–H and O–H groups in total. The molecule has 1 aliphatic rings. The minimum absolute atomic E-state index is 0.0909. The lowest BCUT2D eigenvalue weighted by molar-refractivity contribution is -0.128. The van der Waals surface area contributed by atoms with Gasteiger partial charge in [-0.25, -0.2) is 4.98 Å². The molecule has 1 heterocycles. The minimum Gasteiger partial charge on any atom is -0.478 e. The van der Waals surface area contributed by atoms with Gasteiger partial charge in [-0.2, -0.15) is 0 Å². The van der Waals surface area contributed by atoms with E-state index in [0.29, 0.717) is 5.75 Å². The molecule has 1 aromatic heterocycles. The minimum atomic E-state index is -0.566. The average Bonchev–Trinajstić information content (AvgIpc) is 2.42. The summed E-state index contributed by atoms with van der Waals surface area (Å²) in [7, 11) is 0. The summed E-state index contributed by atoms with van der Waals surface area (Å²) in [5.41, 5.74) is 0. The van der Waals surface area contributed by atoms with Crippen molar-refractivity contribution in [3.8, 4) is 5.75 Å². The zero-order valence-corrected chi connectivity index (χ0v) is 11.8. The molecule has 1 amide bonds. The highest BCUT2D eigenvalue weighted by atomic mass is 35.5. The lowest BCUT2D eigenvalue weighted by atomic mass is 9.95. The van der Waals surface area contributed by atoms with E-state index in [2.05, 4.69) is 10.3 Å². The first-order valence-electron chi connectivity index (χ1n) is 6.74. The van der Waals surface area contributed by atoms with Crippen molar-refractivity contribution in [3.63, 3.8) is 0 Å². The molecule has 4 nitrogen and oxygen atoms in total. The van der Waals surface area contributed by atoms with Gasteiger partial charge in [-0.3, -0.25) is 4.79 Å². The number of rotatable bonds is 4. The molecule has 1 unspecified atom stereocenters. The smallest absolute Gasteiger partial charge is 0.260 e. The first-order valence-corrected chi connectivity index (χ1v) is 7.12. The summed E-state index contributed by atoms with van der Waals surface area (Å²) in [6.45, 7) is 1.72. The van der Waals surface area contributed by atoms with Crippen LogP contribution in [0.5, 0.6) is 5.75 Å². The molecule has 5 heteroatoms. The Balaban J connectivity index is 1.87. The van der Waals surface area contributed by atoms with Crippen LogP contribution in [0.1, 0.15) is 39.0 Å². The Kier molecular flexibility index (Phi) is 5.02. The second kappa shape index (κ2) is 6.75. The molecule has 0 aliphatic heterocycles. The molecule has 0 saturated heterocycles. The Morgan fingerprint density at radius 1 is 1.47 bits per heavy atom. The van der Waals surface area contributed by atoms with E-state index in [-0.39, 0.29) is 17.1 Å². The summed E-state index contributed by atoms with van der Waals surface area (Å²) in [6, 6.07) is 3.73. The van der Waals surface area contributed by atoms with Crippen molar-refractivity contribution in [1.82, 2.24) is 10.3 Å². The number of ether oxygens (including phenoxy) is 1. The lowest BCUT2D eigenvalue weighted by Gasteiger charge is -2.24. The van der Waals surface area contributed by atoms with Gasteiger partial charge in [0.25, 0.3) is 5.91 Å². The van der Waals surface area contributed by atoms with Crippen molar-refractivity contribution in [2.45, 2.75) is 51.2 Å². The number of carbonyl (C=O) groups excluding carboxylic acids is 1. The van der Waals surface area contributed by atoms with Gasteiger partial charge < -0.3 is 10.1 Å². The average molecular weight is 283 g/mol. The third kappa shape index (κ3) is 4.10. The third-order valence-corrected chi connectivity index (χ3v) is 3.63. The number of aromatic nitrogens is 1. The first kappa shape index (κ1) is 14.1. The topological polar surface area (TPSA) is 51.2 Å². The fourth-order valence-electron chi connectivity index (χ4n) is 2.27. The highest BCUT2D eigenvalue weighted by Crippen LogP contribution is 2.22. The molecule has 0 bridgehead atoms. The second-order valence-corrected chi connectivity index (χ2v) is 5.25. The van der Waals surface area contributed by atoms with Crippen LogP contribution in [-0.2, 0) is 4.79 Å². The Morgan fingerprint density at radius 2 is 2.21 bits per heavy atom. The number of nitrogens with zero attached hydrogens (tertiary/aromatic N) is 1. The summed E-state index contributed by atoms with van der Waals surface area (Å²) >= 11 is 5.90. The molecule has 1 aromatic rings. The standard InChI is InChI=1S/C14H19ClN2O2/c1-10(19-12-8-5-9-16-13(12)15)14(18)17-11-6-3-2-4-7-11/h5,8-11H,2-4,6-7H2,1H3,(H,17,18). The molecule has 1 aliphatic carbocycles. The number of nitrogens with one attached hydrogen (secondary N) is 1. The summed E-state index contributed by atoms with van der Waals surface area (Å²) in [4.78, 5) is 15.9. The van der Waals surface area contributed by atoms with E-state index in [1.807, 2.05) is 0 Å². The Morgan fingerprint density at radius 3 is 2.89 bits per heavy atom. The van der Waals surface area contributed by atoms with Crippen LogP contribution in [0.25, 0.3) is 0 Å². The molecule has 1 saturated carbocycles. The predicted octanol–water partition coefficient (Wildman–Crippen LogP) is 2.95. The number of amides is 1. The van der Waals surface area contributed by atoms with Gasteiger partial charge in [0.15, 0.2) is 17.0 Å². The van der Waals surface area contributed by atoms with Crippen LogP contribution >= 0.6 is 11.6 Å². The van der Waals surface area contributed by atoms with Gasteiger partial charge in [-0.1, -0.05) is 30.9 Å². The van der Waals surface area contributed by atoms with Crippen molar-refractivity contribution < 1.29 is 9.53 Å². The maximum Gasteiger partial charge on any atom is 0.260 e. The van der Waals surface area contributed by atoms with Crippen LogP contribution < -0.4 is 10.1 Å². The van der Waals surface area contributed by atoms with Crippen LogP contribution in [0.15, 0.2) is 18.3 Å². The van der Waals surface area contributed by atoms with Gasteiger partial charge >= 0.3 is 0 Å². The second-order valence-electron chi connectivity index (χ2n) is 4.90. The van der Waals surface area contributed by atoms with Gasteiger partial charge in [-0.15, -0.1) is 0 Å². The number of halogens is 1. The zero-order valence-electron chi connectivity index (χ0n) is 11.1. The van der Waals surface area contributed by atoms with E-state index in [0.717, 1.165) is 12.8 Å². The van der Waals surface area contributed by atoms with Crippen LogP contribution in [0.4, 0.5) is 0 Å². The molecule has 1 atom stereocenters. The molecule has 2 rings (SSSR count). The third-order valence-electron chi connectivity index (χ3n) is 3.35. The summed E-state index contributed by atoms with van der Waals surface area (Å²) in [6.07, 6.45) is 6.79. The van der Waals surface area contributed by atoms with Crippen LogP contribution in [0.3, 0.4) is 0 Å². The van der Waals surface area contributed by atoms with E-state index in [4.69, 9.17) is 16.3 Å². The lowest BCUT2D eigenvalue weighted by Crippen LogP contribution is -2.43. The van der Waals surface area contributed by atoms with Crippen molar-refractivity contribution in [2.24, 2.45) is 0 Å². The monoisotopic (exact) mass is 282 g/mol. The van der Waals surface area contributed by atoms with Crippen molar-refractivity contribution in [3.05, 3.63) is 23.5 Å². The molecule has 0 radical (unpaired) electrons. The molecule has 0 aromatic carbocycles. The number of hydrogen-bond donors (Lipinski definition) is 1. The summed E-state index contributed by atoms with van der Waals surface area (Å²) in [5.74, 6) is 0.349. The number of carbonyl (C=O) groups is 1. The normalized spacial score (nSPS) is 17.8. The van der Waals surface area contributed by atoms with E-state index in [9.17, 15) is 4.79 Å². The Hall–Kier alpha value is -1.29. The number of pyridine rings is 1. The SMILES string of the molecule is CC(Oc1cccnc1Cl)C(=O)NC1CCCCC1. The van der Waals surface area contributed by atoms with E-state index < -0.39 is 6.10 Å². The maximum absolute atomic E-state index is 12.0. The van der Waals surface area contributed by atoms with Crippen LogP contribution in [0.2, 0.25) is 5.15 Å². The van der Waals surface area contributed by atoms with Gasteiger partial charge in [0.05, 0.1) is 0 Å². The van der Waals surface area contributed by atoms with E-state index in [1.54, 1.807) is 25.3 Å². The molecule has 104 valence electrons. The largest absolute Gasteiger partial charge is 0.478 e. The quantitative estimate of drug-likeness (QED) is 0.864. The van der Waals surface area contributed by atoms with E-state index in [1.165, 1.54) is 19.3 Å². The fourth-order valence-corrected chi connectivity index (χ4v) is 2.43. The van der Waals surface area contributed by atoms with Crippen molar-refractivity contribution in [2.75, 3.05) is 0 Å². The zero-order chi connectivity index (χ0) is 13.7. The van der Waals surface area contributed by atoms with Gasteiger partial charge in [0.2, 0.25) is 0 Å². The van der Waals surface area contributed by atoms with Crippen molar-refractivity contribution in [1.29, 1.82) is 0 Å². The first-order chi connectivity index (χ1) is 9.16. The molecule has 19 heavy (non-hydrogen) atoms. The molecular weight excluding hydrogens is 264 g/mol. The van der Waals surface area contributed by atoms with Crippen LogP contribution in [0, 0.1) is 0 Å². The molecule has 0 spiro atoms. The highest BCUT2D eigenvalue weighted by Gasteiger charge is 2.21. The van der Waals surface area contributed by atoms with Gasteiger partial charge in [0.1, 0.15) is 0 Å². The maximum atomic E-state index is 12.0. The Labute approximate surface area is 118 Å². The predicted molar refractivity (Wildman–Crippen MR) is 74.4 cm³/mol. The van der Waals surface area contributed by atoms with Gasteiger partial charge in [-0.05, 0) is 31.9 Å². The summed E-state index contributed by atoms with van der Waals surface area (Å²) in [5, 5.41) is 3.31. The number of hydrogen-bond acceptors (Lipinski definition) is 3. The molecular formula is C14H19ClN2O2. The Bertz CT molecular complexity index is 433.